The van der Waals surface area contributed by atoms with E-state index in [4.69, 9.17) is 16.3 Å². The van der Waals surface area contributed by atoms with Crippen LogP contribution < -0.4 is 14.8 Å². The van der Waals surface area contributed by atoms with Crippen molar-refractivity contribution >= 4 is 27.5 Å². The van der Waals surface area contributed by atoms with Gasteiger partial charge in [-0.15, -0.1) is 0 Å². The Morgan fingerprint density at radius 1 is 1.14 bits per heavy atom. The third-order valence-corrected chi connectivity index (χ3v) is 9.04. The number of hydrogen-bond acceptors (Lipinski definition) is 5. The highest BCUT2D eigenvalue weighted by Gasteiger charge is 2.26. The molecule has 1 saturated heterocycles. The maximum Gasteiger partial charge on any atom is 0.241 e. The monoisotopic (exact) mass is 533 g/mol. The van der Waals surface area contributed by atoms with Crippen LogP contribution in [0.3, 0.4) is 0 Å². The summed E-state index contributed by atoms with van der Waals surface area (Å²) in [6.45, 7) is 8.88. The summed E-state index contributed by atoms with van der Waals surface area (Å²) in [5.74, 6) is 0.618. The number of halogens is 1. The van der Waals surface area contributed by atoms with Gasteiger partial charge in [-0.25, -0.2) is 13.1 Å². The average Bonchev–Trinajstić information content (AvgIpc) is 2.81. The predicted octanol–water partition coefficient (Wildman–Crippen LogP) is 4.64. The van der Waals surface area contributed by atoms with Gasteiger partial charge in [0.1, 0.15) is 5.75 Å². The van der Waals surface area contributed by atoms with Gasteiger partial charge < -0.3 is 10.1 Å². The number of rotatable bonds is 8. The van der Waals surface area contributed by atoms with Crippen molar-refractivity contribution in [3.63, 3.8) is 0 Å². The molecule has 2 atom stereocenters. The van der Waals surface area contributed by atoms with Gasteiger partial charge in [-0.1, -0.05) is 30.2 Å². The van der Waals surface area contributed by atoms with Crippen LogP contribution in [0.5, 0.6) is 5.75 Å². The standard InChI is InChI=1S/C27H36ClN3O4S/c1-18-14-26(19(2)13-23(18)28)36(33,34)30-20(3)15-27(32)29-24-9-12-35-25-16-21(7-8-22(24)25)17-31-10-5-4-6-11-31/h7-8,13-14,16,20,24,30H,4-6,9-12,15,17H2,1-3H3,(H,29,32)/t20-,24+/m0/s1. The van der Waals surface area contributed by atoms with Gasteiger partial charge in [-0.2, -0.15) is 0 Å². The van der Waals surface area contributed by atoms with E-state index in [1.807, 2.05) is 0 Å². The minimum absolute atomic E-state index is 0.0323. The van der Waals surface area contributed by atoms with Crippen LogP contribution in [0.15, 0.2) is 35.2 Å². The van der Waals surface area contributed by atoms with Crippen LogP contribution in [0.1, 0.15) is 67.3 Å². The van der Waals surface area contributed by atoms with E-state index in [-0.39, 0.29) is 23.3 Å². The minimum Gasteiger partial charge on any atom is -0.493 e. The molecule has 0 radical (unpaired) electrons. The normalized spacial score (nSPS) is 19.3. The lowest BCUT2D eigenvalue weighted by Crippen LogP contribution is -2.39. The molecule has 0 bridgehead atoms. The zero-order valence-corrected chi connectivity index (χ0v) is 22.8. The van der Waals surface area contributed by atoms with Gasteiger partial charge in [0, 0.05) is 36.0 Å². The zero-order valence-electron chi connectivity index (χ0n) is 21.3. The Labute approximate surface area is 219 Å². The number of sulfonamides is 1. The van der Waals surface area contributed by atoms with Crippen molar-refractivity contribution in [2.24, 2.45) is 0 Å². The Kier molecular flexibility index (Phi) is 8.60. The molecule has 2 heterocycles. The van der Waals surface area contributed by atoms with Gasteiger partial charge in [0.05, 0.1) is 17.5 Å². The lowest BCUT2D eigenvalue weighted by molar-refractivity contribution is -0.122. The number of fused-ring (bicyclic) bond motifs is 1. The first-order valence-electron chi connectivity index (χ1n) is 12.7. The van der Waals surface area contributed by atoms with E-state index in [9.17, 15) is 13.2 Å². The van der Waals surface area contributed by atoms with Crippen LogP contribution in [-0.2, 0) is 21.4 Å². The van der Waals surface area contributed by atoms with E-state index in [1.165, 1.54) is 24.8 Å². The van der Waals surface area contributed by atoms with Gasteiger partial charge in [-0.05, 0) is 81.6 Å². The molecule has 1 fully saturated rings. The maximum atomic E-state index is 12.9. The fraction of sp³-hybridized carbons (Fsp3) is 0.519. The molecule has 0 saturated carbocycles. The number of aryl methyl sites for hydroxylation is 2. The van der Waals surface area contributed by atoms with E-state index in [0.29, 0.717) is 29.2 Å². The molecule has 0 aliphatic carbocycles. The molecule has 196 valence electrons. The van der Waals surface area contributed by atoms with Crippen molar-refractivity contribution in [3.8, 4) is 5.75 Å². The third kappa shape index (κ3) is 6.59. The second kappa shape index (κ2) is 11.5. The molecule has 2 aliphatic heterocycles. The quantitative estimate of drug-likeness (QED) is 0.516. The summed E-state index contributed by atoms with van der Waals surface area (Å²) in [6.07, 6.45) is 4.52. The number of carbonyl (C=O) groups is 1. The van der Waals surface area contributed by atoms with Crippen LogP contribution in [0.25, 0.3) is 0 Å². The van der Waals surface area contributed by atoms with Crippen LogP contribution in [0.2, 0.25) is 5.02 Å². The minimum atomic E-state index is -3.79. The number of benzene rings is 2. The van der Waals surface area contributed by atoms with Gasteiger partial charge in [0.15, 0.2) is 0 Å². The van der Waals surface area contributed by atoms with Crippen LogP contribution in [0, 0.1) is 13.8 Å². The van der Waals surface area contributed by atoms with Crippen LogP contribution >= 0.6 is 11.6 Å². The molecule has 0 spiro atoms. The second-order valence-corrected chi connectivity index (χ2v) is 12.1. The highest BCUT2D eigenvalue weighted by molar-refractivity contribution is 7.89. The summed E-state index contributed by atoms with van der Waals surface area (Å²) >= 11 is 6.11. The van der Waals surface area contributed by atoms with Gasteiger partial charge in [-0.3, -0.25) is 9.69 Å². The molecule has 0 unspecified atom stereocenters. The lowest BCUT2D eigenvalue weighted by Gasteiger charge is -2.29. The van der Waals surface area contributed by atoms with Crippen molar-refractivity contribution in [1.82, 2.24) is 14.9 Å². The number of likely N-dealkylation sites (tertiary alicyclic amines) is 1. The molecule has 1 amide bonds. The number of hydrogen-bond donors (Lipinski definition) is 2. The maximum absolute atomic E-state index is 12.9. The second-order valence-electron chi connectivity index (χ2n) is 10.1. The fourth-order valence-electron chi connectivity index (χ4n) is 5.00. The zero-order chi connectivity index (χ0) is 25.9. The number of piperidine rings is 1. The molecule has 7 nitrogen and oxygen atoms in total. The molecule has 4 rings (SSSR count). The number of nitrogens with one attached hydrogen (secondary N) is 2. The number of carbonyl (C=O) groups excluding carboxylic acids is 1. The summed E-state index contributed by atoms with van der Waals surface area (Å²) in [5.41, 5.74) is 3.44. The molecule has 36 heavy (non-hydrogen) atoms. The Morgan fingerprint density at radius 3 is 2.64 bits per heavy atom. The van der Waals surface area contributed by atoms with E-state index < -0.39 is 16.1 Å². The fourth-order valence-corrected chi connectivity index (χ4v) is 6.78. The average molecular weight is 534 g/mol. The molecular formula is C27H36ClN3O4S. The largest absolute Gasteiger partial charge is 0.493 e. The first-order chi connectivity index (χ1) is 17.1. The Bertz CT molecular complexity index is 1210. The summed E-state index contributed by atoms with van der Waals surface area (Å²) < 4.78 is 34.4. The topological polar surface area (TPSA) is 87.7 Å². The Balaban J connectivity index is 1.36. The summed E-state index contributed by atoms with van der Waals surface area (Å²) in [6, 6.07) is 8.74. The van der Waals surface area contributed by atoms with E-state index in [2.05, 4.69) is 33.1 Å². The van der Waals surface area contributed by atoms with Crippen molar-refractivity contribution < 1.29 is 17.9 Å². The number of ether oxygens (including phenoxy) is 1. The highest BCUT2D eigenvalue weighted by Crippen LogP contribution is 2.33. The third-order valence-electron chi connectivity index (χ3n) is 6.90. The molecule has 9 heteroatoms. The van der Waals surface area contributed by atoms with Crippen molar-refractivity contribution in [2.75, 3.05) is 19.7 Å². The molecule has 2 aromatic carbocycles. The highest BCUT2D eigenvalue weighted by atomic mass is 35.5. The van der Waals surface area contributed by atoms with Crippen molar-refractivity contribution in [2.45, 2.75) is 76.4 Å². The van der Waals surface area contributed by atoms with Crippen molar-refractivity contribution in [1.29, 1.82) is 0 Å². The first-order valence-corrected chi connectivity index (χ1v) is 14.5. The molecule has 2 N–H and O–H groups in total. The van der Waals surface area contributed by atoms with Crippen LogP contribution in [0.4, 0.5) is 0 Å². The summed E-state index contributed by atoms with van der Waals surface area (Å²) in [7, 11) is -3.79. The smallest absolute Gasteiger partial charge is 0.241 e. The summed E-state index contributed by atoms with van der Waals surface area (Å²) in [4.78, 5) is 15.5. The predicted molar refractivity (Wildman–Crippen MR) is 142 cm³/mol. The Morgan fingerprint density at radius 2 is 1.89 bits per heavy atom. The molecule has 2 aromatic rings. The van der Waals surface area contributed by atoms with E-state index in [0.717, 1.165) is 30.9 Å². The Hall–Kier alpha value is -2.13. The molecular weight excluding hydrogens is 498 g/mol. The van der Waals surface area contributed by atoms with Gasteiger partial charge >= 0.3 is 0 Å². The van der Waals surface area contributed by atoms with Gasteiger partial charge in [0.2, 0.25) is 15.9 Å². The molecule has 0 aromatic heterocycles. The first kappa shape index (κ1) is 26.9. The van der Waals surface area contributed by atoms with Gasteiger partial charge in [0.25, 0.3) is 0 Å². The number of nitrogens with zero attached hydrogens (tertiary/aromatic N) is 1. The summed E-state index contributed by atoms with van der Waals surface area (Å²) in [5, 5.41) is 3.60. The number of amides is 1. The SMILES string of the molecule is Cc1cc(S(=O)(=O)N[C@@H](C)CC(=O)N[C@@H]2CCOc3cc(CN4CCCCC4)ccc32)c(C)cc1Cl. The van der Waals surface area contributed by atoms with Crippen molar-refractivity contribution in [3.05, 3.63) is 57.6 Å². The molecule has 2 aliphatic rings. The van der Waals surface area contributed by atoms with Crippen LogP contribution in [-0.4, -0.2) is 45.0 Å². The lowest BCUT2D eigenvalue weighted by atomic mass is 9.98. The van der Waals surface area contributed by atoms with E-state index >= 15 is 0 Å². The van der Waals surface area contributed by atoms with E-state index in [1.54, 1.807) is 32.9 Å².